The van der Waals surface area contributed by atoms with E-state index in [-0.39, 0.29) is 0 Å². The molecule has 0 spiro atoms. The molecule has 0 saturated carbocycles. The fourth-order valence-electron chi connectivity index (χ4n) is 4.60. The van der Waals surface area contributed by atoms with E-state index in [4.69, 9.17) is 28.2 Å². The fourth-order valence-corrected chi connectivity index (χ4v) is 9.23. The highest BCUT2D eigenvalue weighted by molar-refractivity contribution is 7.68. The molecule has 0 amide bonds. The Morgan fingerprint density at radius 2 is 1.67 bits per heavy atom. The number of aromatic amines is 1. The van der Waals surface area contributed by atoms with Crippen molar-refractivity contribution < 1.29 is 89.4 Å². The molecule has 48 heavy (non-hydrogen) atoms. The third-order valence-corrected chi connectivity index (χ3v) is 11.8. The van der Waals surface area contributed by atoms with Gasteiger partial charge in [0.25, 0.3) is 5.56 Å². The summed E-state index contributed by atoms with van der Waals surface area (Å²) in [4.78, 5) is 80.7. The van der Waals surface area contributed by atoms with Gasteiger partial charge in [0.15, 0.2) is 12.3 Å². The number of carbonyl (C=O) groups excluding carboxylic acids is 3. The van der Waals surface area contributed by atoms with Crippen LogP contribution < -0.4 is 11.2 Å². The Morgan fingerprint density at radius 1 is 1.00 bits per heavy atom. The van der Waals surface area contributed by atoms with E-state index >= 15 is 0 Å². The van der Waals surface area contributed by atoms with Gasteiger partial charge in [-0.25, -0.2) is 18.2 Å². The molecule has 0 aromatic carbocycles. The zero-order chi connectivity index (χ0) is 36.2. The summed E-state index contributed by atoms with van der Waals surface area (Å²) in [6, 6.07) is 0.912. The van der Waals surface area contributed by atoms with Crippen molar-refractivity contribution in [1.29, 1.82) is 0 Å². The van der Waals surface area contributed by atoms with Crippen molar-refractivity contribution in [3.63, 3.8) is 0 Å². The van der Waals surface area contributed by atoms with Crippen molar-refractivity contribution >= 4 is 41.1 Å². The summed E-state index contributed by atoms with van der Waals surface area (Å²) in [5.41, 5.74) is -3.77. The molecule has 3 unspecified atom stereocenters. The molecule has 2 aliphatic heterocycles. The molecular formula is C22H33N2O21P3. The summed E-state index contributed by atoms with van der Waals surface area (Å²) in [5, 5.41) is 20.6. The molecule has 0 bridgehead atoms. The number of rotatable bonds is 15. The van der Waals surface area contributed by atoms with E-state index in [0.717, 1.165) is 40.1 Å². The van der Waals surface area contributed by atoms with Crippen molar-refractivity contribution in [2.45, 2.75) is 63.1 Å². The first-order valence-electron chi connectivity index (χ1n) is 13.4. The summed E-state index contributed by atoms with van der Waals surface area (Å²) in [6.45, 7) is 0.592. The number of H-pyrrole nitrogens is 1. The normalized spacial score (nSPS) is 30.8. The Balaban J connectivity index is 1.71. The number of aliphatic hydroxyl groups excluding tert-OH is 2. The van der Waals surface area contributed by atoms with Crippen molar-refractivity contribution in [2.24, 2.45) is 0 Å². The summed E-state index contributed by atoms with van der Waals surface area (Å²) in [6.07, 6.45) is -10.2. The van der Waals surface area contributed by atoms with Gasteiger partial charge in [-0.1, -0.05) is 0 Å². The average molecular weight is 754 g/mol. The van der Waals surface area contributed by atoms with Crippen LogP contribution in [0.3, 0.4) is 0 Å². The van der Waals surface area contributed by atoms with Crippen molar-refractivity contribution in [3.8, 4) is 0 Å². The highest BCUT2D eigenvalue weighted by Crippen LogP contribution is 2.69. The van der Waals surface area contributed by atoms with Crippen LogP contribution in [0, 0.1) is 0 Å². The van der Waals surface area contributed by atoms with Crippen molar-refractivity contribution in [1.82, 2.24) is 9.55 Å². The van der Waals surface area contributed by atoms with E-state index < -0.39 is 121 Å². The molecule has 2 saturated heterocycles. The summed E-state index contributed by atoms with van der Waals surface area (Å²) >= 11 is 0. The van der Waals surface area contributed by atoms with E-state index in [1.165, 1.54) is 0 Å². The SMILES string of the molecule is COP(=O)(C[C@H]1OC[C@@](COC(C)=O)(OC(C)=O)[C@H]1OC(C)=O)OP(=O)(O)OP(=O)(O)OC[C@H]1O[C@@H](n2ccc(=O)[nH]c2=O)[C@H](O)[C@@H]1O. The number of phosphoric ester groups is 1. The molecule has 2 aliphatic rings. The molecule has 1 aromatic rings. The second kappa shape index (κ2) is 15.5. The number of ether oxygens (including phenoxy) is 5. The van der Waals surface area contributed by atoms with Gasteiger partial charge in [-0.3, -0.25) is 37.8 Å². The maximum absolute atomic E-state index is 13.4. The number of nitrogens with one attached hydrogen (secondary N) is 1. The number of aromatic nitrogens is 2. The smallest absolute Gasteiger partial charge is 0.461 e. The van der Waals surface area contributed by atoms with E-state index in [9.17, 15) is 57.7 Å². The maximum atomic E-state index is 13.4. The third-order valence-electron chi connectivity index (χ3n) is 6.54. The maximum Gasteiger partial charge on any atom is 0.488 e. The number of esters is 3. The summed E-state index contributed by atoms with van der Waals surface area (Å²) in [5.74, 6) is -2.70. The Hall–Kier alpha value is -2.62. The molecule has 0 radical (unpaired) electrons. The van der Waals surface area contributed by atoms with Gasteiger partial charge in [-0.15, -0.1) is 0 Å². The minimum atomic E-state index is -5.87. The van der Waals surface area contributed by atoms with Gasteiger partial charge < -0.3 is 48.2 Å². The molecule has 3 rings (SSSR count). The molecule has 1 aromatic heterocycles. The number of nitrogens with zero attached hydrogens (tertiary/aromatic N) is 1. The summed E-state index contributed by atoms with van der Waals surface area (Å²) < 4.78 is 83.6. The molecule has 10 atom stereocenters. The Labute approximate surface area is 269 Å². The average Bonchev–Trinajstić information content (AvgIpc) is 3.40. The Kier molecular flexibility index (Phi) is 12.9. The monoisotopic (exact) mass is 754 g/mol. The van der Waals surface area contributed by atoms with Crippen LogP contribution in [-0.4, -0.2) is 117 Å². The van der Waals surface area contributed by atoms with Gasteiger partial charge in [-0.2, -0.15) is 4.31 Å². The quantitative estimate of drug-likeness (QED) is 0.0768. The highest BCUT2D eigenvalue weighted by Gasteiger charge is 2.58. The van der Waals surface area contributed by atoms with Gasteiger partial charge in [0, 0.05) is 40.1 Å². The van der Waals surface area contributed by atoms with Crippen LogP contribution in [0.25, 0.3) is 0 Å². The second-order valence-electron chi connectivity index (χ2n) is 10.3. The molecular weight excluding hydrogens is 721 g/mol. The first-order chi connectivity index (χ1) is 22.1. The van der Waals surface area contributed by atoms with Crippen LogP contribution in [0.5, 0.6) is 0 Å². The predicted octanol–water partition coefficient (Wildman–Crippen LogP) is -1.56. The topological polar surface area (TPSA) is 321 Å². The first-order valence-corrected chi connectivity index (χ1v) is 18.2. The predicted molar refractivity (Wildman–Crippen MR) is 151 cm³/mol. The Morgan fingerprint density at radius 3 is 2.23 bits per heavy atom. The lowest BCUT2D eigenvalue weighted by molar-refractivity contribution is -0.189. The third kappa shape index (κ3) is 10.2. The standard InChI is InChI=1S/C22H33N2O21P3/c1-11(25)38-9-22(43-13(3)27)10-39-15(19(22)41-12(2)26)8-46(32,37-4)44-48(35,36)45-47(33,34)40-7-14-17(29)18(30)20(42-14)24-6-5-16(28)23-21(24)31/h5-6,14-15,17-20,29-30H,7-10H2,1-4H3,(H,33,34)(H,35,36)(H,23,28,31)/t14-,15-,17-,18-,19+,20-,22-,46?/m1/s1. The zero-order valence-corrected chi connectivity index (χ0v) is 28.1. The Bertz CT molecular complexity index is 1630. The number of hydrogen-bond donors (Lipinski definition) is 5. The van der Waals surface area contributed by atoms with Gasteiger partial charge in [0.05, 0.1) is 19.4 Å². The molecule has 26 heteroatoms. The number of aliphatic hydroxyl groups is 2. The fraction of sp³-hybridized carbons (Fsp3) is 0.682. The first kappa shape index (κ1) is 39.8. The van der Waals surface area contributed by atoms with E-state index in [2.05, 4.69) is 13.1 Å². The van der Waals surface area contributed by atoms with Crippen LogP contribution >= 0.6 is 23.2 Å². The zero-order valence-electron chi connectivity index (χ0n) is 25.5. The number of carbonyl (C=O) groups is 3. The molecule has 272 valence electrons. The van der Waals surface area contributed by atoms with Gasteiger partial charge in [-0.05, 0) is 0 Å². The van der Waals surface area contributed by atoms with Crippen molar-refractivity contribution in [3.05, 3.63) is 33.1 Å². The summed E-state index contributed by atoms with van der Waals surface area (Å²) in [7, 11) is -15.7. The largest absolute Gasteiger partial charge is 0.488 e. The lowest BCUT2D eigenvalue weighted by atomic mass is 9.97. The minimum Gasteiger partial charge on any atom is -0.461 e. The molecule has 2 fully saturated rings. The van der Waals surface area contributed by atoms with Crippen LogP contribution in [0.1, 0.15) is 27.0 Å². The van der Waals surface area contributed by atoms with Crippen LogP contribution in [0.2, 0.25) is 0 Å². The minimum absolute atomic E-state index is 0.597. The van der Waals surface area contributed by atoms with Gasteiger partial charge in [0.1, 0.15) is 31.0 Å². The van der Waals surface area contributed by atoms with E-state index in [0.29, 0.717) is 4.57 Å². The second-order valence-corrected chi connectivity index (χ2v) is 15.6. The molecule has 23 nitrogen and oxygen atoms in total. The van der Waals surface area contributed by atoms with Crippen LogP contribution in [0.4, 0.5) is 0 Å². The molecule has 3 heterocycles. The number of hydrogen-bond acceptors (Lipinski definition) is 19. The molecule has 5 N–H and O–H groups in total. The lowest BCUT2D eigenvalue weighted by Gasteiger charge is -2.33. The van der Waals surface area contributed by atoms with Gasteiger partial charge in [0.2, 0.25) is 5.60 Å². The highest BCUT2D eigenvalue weighted by atomic mass is 31.3. The molecule has 0 aliphatic carbocycles. The van der Waals surface area contributed by atoms with Crippen molar-refractivity contribution in [2.75, 3.05) is 33.1 Å². The van der Waals surface area contributed by atoms with Gasteiger partial charge >= 0.3 is 46.8 Å². The van der Waals surface area contributed by atoms with E-state index in [1.807, 2.05) is 4.98 Å². The van der Waals surface area contributed by atoms with Crippen LogP contribution in [-0.2, 0) is 69.4 Å². The van der Waals surface area contributed by atoms with Crippen LogP contribution in [0.15, 0.2) is 21.9 Å². The number of phosphoric acid groups is 2. The lowest BCUT2D eigenvalue weighted by Crippen LogP contribution is -2.53. The van der Waals surface area contributed by atoms with E-state index in [1.54, 1.807) is 0 Å².